The maximum atomic E-state index is 13.4. The molecule has 98 valence electrons. The van der Waals surface area contributed by atoms with Gasteiger partial charge in [-0.3, -0.25) is 4.79 Å². The molecule has 1 fully saturated rings. The molecule has 2 rings (SSSR count). The Bertz CT molecular complexity index is 430. The Morgan fingerprint density at radius 2 is 2.06 bits per heavy atom. The first-order valence-electron chi connectivity index (χ1n) is 6.26. The number of esters is 1. The zero-order chi connectivity index (χ0) is 13.2. The van der Waals surface area contributed by atoms with Crippen LogP contribution in [0.2, 0.25) is 0 Å². The summed E-state index contributed by atoms with van der Waals surface area (Å²) in [4.78, 5) is 12.2. The van der Waals surface area contributed by atoms with Crippen LogP contribution in [0.15, 0.2) is 18.2 Å². The van der Waals surface area contributed by atoms with Crippen molar-refractivity contribution >= 4 is 5.97 Å². The number of benzene rings is 1. The third kappa shape index (κ3) is 2.19. The molecule has 0 atom stereocenters. The molecular weight excluding hydrogens is 235 g/mol. The number of hydrogen-bond donors (Lipinski definition) is 1. The van der Waals surface area contributed by atoms with Gasteiger partial charge in [0.1, 0.15) is 11.6 Å². The summed E-state index contributed by atoms with van der Waals surface area (Å²) in [5, 5.41) is 9.49. The summed E-state index contributed by atoms with van der Waals surface area (Å²) in [7, 11) is 0. The Balaban J connectivity index is 2.43. The van der Waals surface area contributed by atoms with Gasteiger partial charge in [-0.25, -0.2) is 4.39 Å². The minimum Gasteiger partial charge on any atom is -0.508 e. The molecule has 1 aliphatic carbocycles. The van der Waals surface area contributed by atoms with Gasteiger partial charge in [-0.15, -0.1) is 0 Å². The van der Waals surface area contributed by atoms with Gasteiger partial charge in [-0.05, 0) is 37.5 Å². The predicted molar refractivity (Wildman–Crippen MR) is 64.8 cm³/mol. The first-order chi connectivity index (χ1) is 8.58. The Kier molecular flexibility index (Phi) is 3.55. The molecular formula is C14H17FO3. The number of carbonyl (C=O) groups excluding carboxylic acids is 1. The number of rotatable bonds is 3. The van der Waals surface area contributed by atoms with E-state index in [9.17, 15) is 14.3 Å². The molecule has 18 heavy (non-hydrogen) atoms. The molecule has 1 aliphatic rings. The van der Waals surface area contributed by atoms with Crippen molar-refractivity contribution in [2.24, 2.45) is 0 Å². The Hall–Kier alpha value is -1.58. The van der Waals surface area contributed by atoms with E-state index < -0.39 is 11.2 Å². The molecule has 0 aromatic heterocycles. The van der Waals surface area contributed by atoms with Crippen molar-refractivity contribution in [2.75, 3.05) is 6.61 Å². The highest BCUT2D eigenvalue weighted by atomic mass is 19.1. The first kappa shape index (κ1) is 12.9. The van der Waals surface area contributed by atoms with E-state index in [1.54, 1.807) is 6.92 Å². The van der Waals surface area contributed by atoms with E-state index in [1.165, 1.54) is 12.1 Å². The lowest BCUT2D eigenvalue weighted by atomic mass is 9.79. The lowest BCUT2D eigenvalue weighted by molar-refractivity contribution is -0.150. The third-order valence-corrected chi connectivity index (χ3v) is 3.56. The van der Waals surface area contributed by atoms with E-state index in [2.05, 4.69) is 0 Å². The molecule has 0 saturated heterocycles. The number of hydrogen-bond acceptors (Lipinski definition) is 3. The van der Waals surface area contributed by atoms with Crippen LogP contribution < -0.4 is 0 Å². The summed E-state index contributed by atoms with van der Waals surface area (Å²) in [6.07, 6.45) is 3.12. The van der Waals surface area contributed by atoms with Crippen molar-refractivity contribution < 1.29 is 19.0 Å². The predicted octanol–water partition coefficient (Wildman–Crippen LogP) is 2.91. The van der Waals surface area contributed by atoms with Crippen LogP contribution in [0, 0.1) is 5.82 Å². The summed E-state index contributed by atoms with van der Waals surface area (Å²) >= 11 is 0. The van der Waals surface area contributed by atoms with E-state index in [0.717, 1.165) is 18.9 Å². The van der Waals surface area contributed by atoms with Crippen molar-refractivity contribution in [3.63, 3.8) is 0 Å². The molecule has 0 aliphatic heterocycles. The summed E-state index contributed by atoms with van der Waals surface area (Å²) in [5.41, 5.74) is -0.258. The summed E-state index contributed by atoms with van der Waals surface area (Å²) in [5.74, 6) is -0.992. The molecule has 3 nitrogen and oxygen atoms in total. The lowest BCUT2D eigenvalue weighted by Crippen LogP contribution is -2.34. The molecule has 0 radical (unpaired) electrons. The monoisotopic (exact) mass is 252 g/mol. The normalized spacial score (nSPS) is 17.7. The number of carbonyl (C=O) groups is 1. The van der Waals surface area contributed by atoms with Gasteiger partial charge >= 0.3 is 5.97 Å². The molecule has 4 heteroatoms. The molecule has 1 saturated carbocycles. The van der Waals surface area contributed by atoms with Crippen LogP contribution >= 0.6 is 0 Å². The van der Waals surface area contributed by atoms with Crippen LogP contribution in [0.4, 0.5) is 4.39 Å². The van der Waals surface area contributed by atoms with E-state index in [-0.39, 0.29) is 11.7 Å². The minimum absolute atomic E-state index is 0.152. The minimum atomic E-state index is -0.782. The molecule has 1 aromatic rings. The quantitative estimate of drug-likeness (QED) is 0.841. The summed E-state index contributed by atoms with van der Waals surface area (Å²) in [6, 6.07) is 3.82. The van der Waals surface area contributed by atoms with Crippen molar-refractivity contribution in [2.45, 2.75) is 38.0 Å². The fraction of sp³-hybridized carbons (Fsp3) is 0.500. The fourth-order valence-electron chi connectivity index (χ4n) is 2.71. The topological polar surface area (TPSA) is 46.5 Å². The second-order valence-electron chi connectivity index (χ2n) is 4.71. The Morgan fingerprint density at radius 3 is 2.61 bits per heavy atom. The highest BCUT2D eigenvalue weighted by molar-refractivity contribution is 5.83. The Labute approximate surface area is 106 Å². The molecule has 0 amide bonds. The van der Waals surface area contributed by atoms with Crippen molar-refractivity contribution in [3.05, 3.63) is 29.6 Å². The smallest absolute Gasteiger partial charge is 0.316 e. The molecule has 0 bridgehead atoms. The molecule has 0 heterocycles. The first-order valence-corrected chi connectivity index (χ1v) is 6.26. The van der Waals surface area contributed by atoms with Crippen LogP contribution in [-0.4, -0.2) is 17.7 Å². The second kappa shape index (κ2) is 4.96. The highest BCUT2D eigenvalue weighted by Crippen LogP contribution is 2.43. The van der Waals surface area contributed by atoms with E-state index in [4.69, 9.17) is 4.74 Å². The van der Waals surface area contributed by atoms with Crippen LogP contribution in [-0.2, 0) is 14.9 Å². The molecule has 0 unspecified atom stereocenters. The largest absolute Gasteiger partial charge is 0.508 e. The zero-order valence-electron chi connectivity index (χ0n) is 10.4. The van der Waals surface area contributed by atoms with Crippen molar-refractivity contribution in [3.8, 4) is 5.75 Å². The maximum Gasteiger partial charge on any atom is 0.316 e. The average Bonchev–Trinajstić information content (AvgIpc) is 2.78. The van der Waals surface area contributed by atoms with Crippen molar-refractivity contribution in [1.29, 1.82) is 0 Å². The summed E-state index contributed by atoms with van der Waals surface area (Å²) < 4.78 is 18.5. The standard InChI is InChI=1S/C14H17FO3/c1-2-18-13(17)14(5-3-4-6-14)10-7-11(15)9-12(16)8-10/h7-9,16H,2-6H2,1H3. The van der Waals surface area contributed by atoms with E-state index in [0.29, 0.717) is 25.0 Å². The van der Waals surface area contributed by atoms with Crippen LogP contribution in [0.3, 0.4) is 0 Å². The van der Waals surface area contributed by atoms with Crippen LogP contribution in [0.1, 0.15) is 38.2 Å². The zero-order valence-corrected chi connectivity index (χ0v) is 10.4. The number of halogens is 1. The van der Waals surface area contributed by atoms with Gasteiger partial charge in [0.2, 0.25) is 0 Å². The second-order valence-corrected chi connectivity index (χ2v) is 4.71. The van der Waals surface area contributed by atoms with Gasteiger partial charge in [0.05, 0.1) is 12.0 Å². The fourth-order valence-corrected chi connectivity index (χ4v) is 2.71. The molecule has 1 N–H and O–H groups in total. The highest BCUT2D eigenvalue weighted by Gasteiger charge is 2.44. The van der Waals surface area contributed by atoms with Crippen molar-refractivity contribution in [1.82, 2.24) is 0 Å². The third-order valence-electron chi connectivity index (χ3n) is 3.56. The average molecular weight is 252 g/mol. The SMILES string of the molecule is CCOC(=O)C1(c2cc(O)cc(F)c2)CCCC1. The van der Waals surface area contributed by atoms with Gasteiger partial charge < -0.3 is 9.84 Å². The maximum absolute atomic E-state index is 13.4. The van der Waals surface area contributed by atoms with Crippen LogP contribution in [0.5, 0.6) is 5.75 Å². The number of aromatic hydroxyl groups is 1. The van der Waals surface area contributed by atoms with Gasteiger partial charge in [0.15, 0.2) is 0 Å². The summed E-state index contributed by atoms with van der Waals surface area (Å²) in [6.45, 7) is 2.06. The van der Waals surface area contributed by atoms with Gasteiger partial charge in [-0.2, -0.15) is 0 Å². The van der Waals surface area contributed by atoms with E-state index >= 15 is 0 Å². The number of phenols is 1. The van der Waals surface area contributed by atoms with Crippen LogP contribution in [0.25, 0.3) is 0 Å². The lowest BCUT2D eigenvalue weighted by Gasteiger charge is -2.27. The molecule has 0 spiro atoms. The van der Waals surface area contributed by atoms with E-state index in [1.807, 2.05) is 0 Å². The van der Waals surface area contributed by atoms with Gasteiger partial charge in [0.25, 0.3) is 0 Å². The number of ether oxygens (including phenoxy) is 1. The van der Waals surface area contributed by atoms with Gasteiger partial charge in [-0.1, -0.05) is 12.8 Å². The Morgan fingerprint density at radius 1 is 1.39 bits per heavy atom. The molecule has 1 aromatic carbocycles. The van der Waals surface area contributed by atoms with Gasteiger partial charge in [0, 0.05) is 6.07 Å². The number of phenolic OH excluding ortho intramolecular Hbond substituents is 1.